The molecule has 1 aromatic carbocycles. The van der Waals surface area contributed by atoms with Gasteiger partial charge in [-0.25, -0.2) is 0 Å². The number of nitrogens with one attached hydrogen (secondary N) is 1. The van der Waals surface area contributed by atoms with E-state index in [4.69, 9.17) is 9.47 Å². The molecule has 0 saturated carbocycles. The Hall–Kier alpha value is -1.49. The molecule has 0 aliphatic rings. The first kappa shape index (κ1) is 23.5. The van der Waals surface area contributed by atoms with Crippen LogP contribution in [0.5, 0.6) is 11.5 Å². The maximum absolute atomic E-state index is 13.0. The van der Waals surface area contributed by atoms with Gasteiger partial charge in [0.25, 0.3) is 5.91 Å². The molecule has 0 unspecified atom stereocenters. The fourth-order valence-corrected chi connectivity index (χ4v) is 4.03. The third-order valence-corrected chi connectivity index (χ3v) is 5.75. The number of carbonyl (C=O) groups is 1. The zero-order valence-corrected chi connectivity index (χ0v) is 19.8. The van der Waals surface area contributed by atoms with E-state index in [9.17, 15) is 4.79 Å². The molecule has 0 radical (unpaired) electrons. The summed E-state index contributed by atoms with van der Waals surface area (Å²) >= 11 is 0. The minimum atomic E-state index is -1.22. The van der Waals surface area contributed by atoms with Crippen LogP contribution in [0.1, 0.15) is 58.3 Å². The van der Waals surface area contributed by atoms with Crippen molar-refractivity contribution >= 4 is 14.0 Å². The smallest absolute Gasteiger partial charge is 0.255 e. The first-order chi connectivity index (χ1) is 12.2. The van der Waals surface area contributed by atoms with E-state index >= 15 is 0 Å². The van der Waals surface area contributed by atoms with Gasteiger partial charge in [-0.15, -0.1) is 0 Å². The molecule has 0 aliphatic heterocycles. The van der Waals surface area contributed by atoms with Gasteiger partial charge >= 0.3 is 0 Å². The van der Waals surface area contributed by atoms with Gasteiger partial charge in [-0.2, -0.15) is 0 Å². The Balaban J connectivity index is 3.07. The summed E-state index contributed by atoms with van der Waals surface area (Å²) in [6.45, 7) is 20.7. The standard InChI is InChI=1S/C22H39NO3Si/c1-10-25-18-13-11-12-17(19(18)26-14-15-27(7,8)9)20(24)23-22(5,6)16-21(2,3)4/h11-13H,10,14-16H2,1-9H3,(H,23,24). The fraction of sp³-hybridized carbons (Fsp3) is 0.682. The van der Waals surface area contributed by atoms with Crippen LogP contribution in [-0.4, -0.2) is 32.7 Å². The van der Waals surface area contributed by atoms with Crippen LogP contribution < -0.4 is 14.8 Å². The Morgan fingerprint density at radius 1 is 1.07 bits per heavy atom. The average molecular weight is 394 g/mol. The highest BCUT2D eigenvalue weighted by molar-refractivity contribution is 6.76. The molecule has 1 aromatic rings. The summed E-state index contributed by atoms with van der Waals surface area (Å²) in [5.74, 6) is 1.07. The molecule has 27 heavy (non-hydrogen) atoms. The lowest BCUT2D eigenvalue weighted by atomic mass is 9.81. The van der Waals surface area contributed by atoms with Crippen molar-refractivity contribution in [2.75, 3.05) is 13.2 Å². The largest absolute Gasteiger partial charge is 0.490 e. The molecule has 0 atom stereocenters. The summed E-state index contributed by atoms with van der Waals surface area (Å²) in [6.07, 6.45) is 0.878. The number of hydrogen-bond donors (Lipinski definition) is 1. The number of benzene rings is 1. The predicted molar refractivity (Wildman–Crippen MR) is 117 cm³/mol. The molecular formula is C22H39NO3Si. The van der Waals surface area contributed by atoms with Crippen LogP contribution in [0.4, 0.5) is 0 Å². The third-order valence-electron chi connectivity index (χ3n) is 4.05. The van der Waals surface area contributed by atoms with Gasteiger partial charge in [0.2, 0.25) is 0 Å². The molecule has 1 rings (SSSR count). The van der Waals surface area contributed by atoms with Crippen LogP contribution in [0, 0.1) is 5.41 Å². The molecule has 5 heteroatoms. The highest BCUT2D eigenvalue weighted by atomic mass is 28.3. The van der Waals surface area contributed by atoms with Crippen molar-refractivity contribution in [1.29, 1.82) is 0 Å². The zero-order chi connectivity index (χ0) is 20.9. The minimum absolute atomic E-state index is 0.117. The van der Waals surface area contributed by atoms with Crippen LogP contribution >= 0.6 is 0 Å². The molecule has 4 nitrogen and oxygen atoms in total. The van der Waals surface area contributed by atoms with E-state index in [0.29, 0.717) is 30.3 Å². The van der Waals surface area contributed by atoms with E-state index < -0.39 is 8.07 Å². The van der Waals surface area contributed by atoms with Crippen LogP contribution in [0.25, 0.3) is 0 Å². The number of para-hydroxylation sites is 1. The van der Waals surface area contributed by atoms with Crippen molar-refractivity contribution in [3.05, 3.63) is 23.8 Å². The summed E-state index contributed by atoms with van der Waals surface area (Å²) in [6, 6.07) is 6.56. The van der Waals surface area contributed by atoms with Gasteiger partial charge in [-0.1, -0.05) is 46.5 Å². The highest BCUT2D eigenvalue weighted by Gasteiger charge is 2.29. The van der Waals surface area contributed by atoms with E-state index in [-0.39, 0.29) is 16.9 Å². The van der Waals surface area contributed by atoms with Gasteiger partial charge < -0.3 is 14.8 Å². The van der Waals surface area contributed by atoms with Crippen molar-refractivity contribution in [3.63, 3.8) is 0 Å². The van der Waals surface area contributed by atoms with Crippen molar-refractivity contribution < 1.29 is 14.3 Å². The Morgan fingerprint density at radius 2 is 1.70 bits per heavy atom. The molecule has 0 aliphatic carbocycles. The Kier molecular flexibility index (Phi) is 7.96. The summed E-state index contributed by atoms with van der Waals surface area (Å²) in [4.78, 5) is 13.0. The number of hydrogen-bond acceptors (Lipinski definition) is 3. The quantitative estimate of drug-likeness (QED) is 0.544. The average Bonchev–Trinajstić information content (AvgIpc) is 2.44. The van der Waals surface area contributed by atoms with Crippen molar-refractivity contribution in [2.24, 2.45) is 5.41 Å². The topological polar surface area (TPSA) is 47.6 Å². The van der Waals surface area contributed by atoms with Gasteiger partial charge in [0.15, 0.2) is 11.5 Å². The first-order valence-electron chi connectivity index (χ1n) is 9.95. The lowest BCUT2D eigenvalue weighted by Gasteiger charge is -2.33. The summed E-state index contributed by atoms with van der Waals surface area (Å²) in [5.41, 5.74) is 0.353. The summed E-state index contributed by atoms with van der Waals surface area (Å²) in [7, 11) is -1.22. The van der Waals surface area contributed by atoms with Crippen LogP contribution in [0.2, 0.25) is 25.7 Å². The molecule has 0 saturated heterocycles. The van der Waals surface area contributed by atoms with Gasteiger partial charge in [0, 0.05) is 13.6 Å². The predicted octanol–water partition coefficient (Wildman–Crippen LogP) is 5.75. The van der Waals surface area contributed by atoms with Crippen molar-refractivity contribution in [3.8, 4) is 11.5 Å². The molecule has 0 fully saturated rings. The van der Waals surface area contributed by atoms with Crippen LogP contribution in [0.3, 0.4) is 0 Å². The Labute approximate surface area is 167 Å². The molecule has 154 valence electrons. The molecule has 0 heterocycles. The molecule has 0 aromatic heterocycles. The Bertz CT molecular complexity index is 627. The van der Waals surface area contributed by atoms with Gasteiger partial charge in [0.1, 0.15) is 0 Å². The highest BCUT2D eigenvalue weighted by Crippen LogP contribution is 2.33. The molecule has 0 spiro atoms. The summed E-state index contributed by atoms with van der Waals surface area (Å²) < 4.78 is 11.8. The maximum atomic E-state index is 13.0. The lowest BCUT2D eigenvalue weighted by Crippen LogP contribution is -2.45. The zero-order valence-electron chi connectivity index (χ0n) is 18.8. The summed E-state index contributed by atoms with van der Waals surface area (Å²) in [5, 5.41) is 3.18. The van der Waals surface area contributed by atoms with Crippen LogP contribution in [0.15, 0.2) is 18.2 Å². The van der Waals surface area contributed by atoms with E-state index in [2.05, 4.69) is 59.6 Å². The van der Waals surface area contributed by atoms with Crippen molar-refractivity contribution in [1.82, 2.24) is 5.32 Å². The van der Waals surface area contributed by atoms with Gasteiger partial charge in [-0.05, 0) is 50.8 Å². The number of ether oxygens (including phenoxy) is 2. The number of carbonyl (C=O) groups excluding carboxylic acids is 1. The first-order valence-corrected chi connectivity index (χ1v) is 13.7. The third kappa shape index (κ3) is 8.82. The fourth-order valence-electron chi connectivity index (χ4n) is 3.32. The number of amides is 1. The lowest BCUT2D eigenvalue weighted by molar-refractivity contribution is 0.0886. The SMILES string of the molecule is CCOc1cccc(C(=O)NC(C)(C)CC(C)(C)C)c1OCC[Si](C)(C)C. The monoisotopic (exact) mass is 393 g/mol. The second kappa shape index (κ2) is 9.13. The Morgan fingerprint density at radius 3 is 2.22 bits per heavy atom. The minimum Gasteiger partial charge on any atom is -0.490 e. The molecule has 1 amide bonds. The number of rotatable bonds is 9. The van der Waals surface area contributed by atoms with Gasteiger partial charge in [0.05, 0.1) is 18.8 Å². The molecular weight excluding hydrogens is 354 g/mol. The van der Waals surface area contributed by atoms with E-state index in [1.807, 2.05) is 25.1 Å². The normalized spacial score (nSPS) is 12.6. The second-order valence-corrected chi connectivity index (χ2v) is 15.9. The van der Waals surface area contributed by atoms with E-state index in [1.165, 1.54) is 0 Å². The molecule has 0 bridgehead atoms. The maximum Gasteiger partial charge on any atom is 0.255 e. The molecule has 1 N–H and O–H groups in total. The van der Waals surface area contributed by atoms with E-state index in [0.717, 1.165) is 12.5 Å². The van der Waals surface area contributed by atoms with Crippen molar-refractivity contribution in [2.45, 2.75) is 79.2 Å². The van der Waals surface area contributed by atoms with Gasteiger partial charge in [-0.3, -0.25) is 4.79 Å². The van der Waals surface area contributed by atoms with Crippen LogP contribution in [-0.2, 0) is 0 Å². The second-order valence-electron chi connectivity index (χ2n) is 10.3. The van der Waals surface area contributed by atoms with E-state index in [1.54, 1.807) is 0 Å².